The van der Waals surface area contributed by atoms with Crippen molar-refractivity contribution in [2.24, 2.45) is 0 Å². The van der Waals surface area contributed by atoms with Crippen LogP contribution in [-0.4, -0.2) is 25.5 Å². The minimum Gasteiger partial charge on any atom is -0.500 e. The van der Waals surface area contributed by atoms with E-state index in [1.807, 2.05) is 74.4 Å². The lowest BCUT2D eigenvalue weighted by Gasteiger charge is -2.29. The molecule has 0 atom stereocenters. The van der Waals surface area contributed by atoms with Crippen LogP contribution in [0.3, 0.4) is 0 Å². The molecule has 0 spiro atoms. The van der Waals surface area contributed by atoms with E-state index in [1.165, 1.54) is 7.11 Å². The van der Waals surface area contributed by atoms with Crippen LogP contribution >= 0.6 is 0 Å². The van der Waals surface area contributed by atoms with E-state index in [9.17, 15) is 9.59 Å². The summed E-state index contributed by atoms with van der Waals surface area (Å²) in [6.45, 7) is 21.6. The summed E-state index contributed by atoms with van der Waals surface area (Å²) in [6, 6.07) is 3.86. The molecule has 0 saturated carbocycles. The first kappa shape index (κ1) is 28.9. The second-order valence-corrected chi connectivity index (χ2v) is 6.89. The number of amides is 1. The fourth-order valence-corrected chi connectivity index (χ4v) is 2.96. The van der Waals surface area contributed by atoms with Gasteiger partial charge >= 0.3 is 6.09 Å². The monoisotopic (exact) mass is 407 g/mol. The Morgan fingerprint density at radius 2 is 1.66 bits per heavy atom. The molecular formula is C24H41NO4. The molecular weight excluding hydrogens is 366 g/mol. The summed E-state index contributed by atoms with van der Waals surface area (Å²) in [5.74, 6) is 1.09. The van der Waals surface area contributed by atoms with Gasteiger partial charge < -0.3 is 14.8 Å². The number of aryl methyl sites for hydroxylation is 2. The van der Waals surface area contributed by atoms with E-state index in [1.54, 1.807) is 0 Å². The number of nitrogens with one attached hydrogen (secondary N) is 1. The largest absolute Gasteiger partial charge is 0.500 e. The summed E-state index contributed by atoms with van der Waals surface area (Å²) < 4.78 is 10.5. The topological polar surface area (TPSA) is 64.6 Å². The van der Waals surface area contributed by atoms with Crippen LogP contribution in [-0.2, 0) is 14.9 Å². The Labute approximate surface area is 177 Å². The van der Waals surface area contributed by atoms with Crippen LogP contribution in [0.1, 0.15) is 78.0 Å². The molecule has 1 rings (SSSR count). The fraction of sp³-hybridized carbons (Fsp3) is 0.583. The maximum Gasteiger partial charge on any atom is 0.412 e. The highest BCUT2D eigenvalue weighted by Gasteiger charge is 2.29. The van der Waals surface area contributed by atoms with Gasteiger partial charge in [-0.2, -0.15) is 0 Å². The normalized spacial score (nSPS) is 9.86. The Kier molecular flexibility index (Phi) is 14.6. The maximum absolute atomic E-state index is 12.1. The van der Waals surface area contributed by atoms with E-state index < -0.39 is 11.5 Å². The van der Waals surface area contributed by atoms with Crippen molar-refractivity contribution in [1.82, 2.24) is 5.32 Å². The van der Waals surface area contributed by atoms with Crippen LogP contribution in [0.2, 0.25) is 0 Å². The highest BCUT2D eigenvalue weighted by Crippen LogP contribution is 2.38. The van der Waals surface area contributed by atoms with Gasteiger partial charge in [0.25, 0.3) is 0 Å². The number of carbonyl (C=O) groups is 2. The molecule has 5 nitrogen and oxygen atoms in total. The van der Waals surface area contributed by atoms with Gasteiger partial charge in [0.15, 0.2) is 0 Å². The van der Waals surface area contributed by atoms with E-state index in [4.69, 9.17) is 9.47 Å². The third kappa shape index (κ3) is 10.2. The molecule has 0 aliphatic carbocycles. The van der Waals surface area contributed by atoms with Gasteiger partial charge in [-0.3, -0.25) is 4.79 Å². The summed E-state index contributed by atoms with van der Waals surface area (Å²) in [4.78, 5) is 24.1. The molecule has 0 saturated heterocycles. The van der Waals surface area contributed by atoms with Crippen molar-refractivity contribution in [1.29, 1.82) is 0 Å². The Morgan fingerprint density at radius 1 is 1.10 bits per heavy atom. The van der Waals surface area contributed by atoms with Gasteiger partial charge in [-0.05, 0) is 31.0 Å². The summed E-state index contributed by atoms with van der Waals surface area (Å²) in [5.41, 5.74) is 2.43. The first-order chi connectivity index (χ1) is 13.6. The number of hydrogen-bond donors (Lipinski definition) is 1. The molecule has 29 heavy (non-hydrogen) atoms. The van der Waals surface area contributed by atoms with Crippen molar-refractivity contribution < 1.29 is 19.1 Å². The number of hydrogen-bond acceptors (Lipinski definition) is 4. The standard InChI is InChI=1S/C20H29NO4.2C2H6/c1-8-16(22)11-20(5,6)18-14(3)9-13(2)10-17(18)25-19(23)21-12-15(4)24-7;2*1-2/h9-10H,4,8,11-12H2,1-3,5-7H3,(H,21,23);2*1-2H3. The Morgan fingerprint density at radius 3 is 2.14 bits per heavy atom. The Balaban J connectivity index is 0. The molecule has 0 radical (unpaired) electrons. The number of ketones is 1. The van der Waals surface area contributed by atoms with Gasteiger partial charge in [0.2, 0.25) is 0 Å². The number of benzene rings is 1. The van der Waals surface area contributed by atoms with Crippen LogP contribution in [0.15, 0.2) is 24.5 Å². The first-order valence-electron chi connectivity index (χ1n) is 10.4. The third-order valence-electron chi connectivity index (χ3n) is 4.08. The summed E-state index contributed by atoms with van der Waals surface area (Å²) in [7, 11) is 1.49. The highest BCUT2D eigenvalue weighted by atomic mass is 16.6. The maximum atomic E-state index is 12.1. The smallest absolute Gasteiger partial charge is 0.412 e. The van der Waals surface area contributed by atoms with E-state index in [0.29, 0.717) is 24.4 Å². The summed E-state index contributed by atoms with van der Waals surface area (Å²) in [5, 5.41) is 2.60. The Bertz CT molecular complexity index is 663. The van der Waals surface area contributed by atoms with Crippen LogP contribution in [0.25, 0.3) is 0 Å². The quantitative estimate of drug-likeness (QED) is 0.517. The van der Waals surface area contributed by atoms with Crippen molar-refractivity contribution >= 4 is 11.9 Å². The van der Waals surface area contributed by atoms with Crippen LogP contribution in [0, 0.1) is 13.8 Å². The zero-order valence-electron chi connectivity index (χ0n) is 20.1. The van der Waals surface area contributed by atoms with Gasteiger partial charge in [0, 0.05) is 23.8 Å². The molecule has 0 aliphatic rings. The second-order valence-electron chi connectivity index (χ2n) is 6.89. The molecule has 5 heteroatoms. The van der Waals surface area contributed by atoms with E-state index in [0.717, 1.165) is 16.7 Å². The number of methoxy groups -OCH3 is 1. The van der Waals surface area contributed by atoms with Crippen molar-refractivity contribution in [2.45, 2.75) is 80.6 Å². The number of rotatable bonds is 8. The number of ether oxygens (including phenoxy) is 2. The van der Waals surface area contributed by atoms with Crippen LogP contribution in [0.5, 0.6) is 5.75 Å². The van der Waals surface area contributed by atoms with Crippen LogP contribution < -0.4 is 10.1 Å². The van der Waals surface area contributed by atoms with Gasteiger partial charge in [0.05, 0.1) is 13.7 Å². The molecule has 1 aromatic rings. The van der Waals surface area contributed by atoms with Gasteiger partial charge in [-0.15, -0.1) is 0 Å². The van der Waals surface area contributed by atoms with Crippen molar-refractivity contribution in [2.75, 3.05) is 13.7 Å². The lowest BCUT2D eigenvalue weighted by atomic mass is 9.77. The lowest BCUT2D eigenvalue weighted by Crippen LogP contribution is -2.31. The number of Topliss-reactive ketones (excluding diaryl/α,β-unsaturated/α-hetero) is 1. The predicted octanol–water partition coefficient (Wildman–Crippen LogP) is 6.25. The molecule has 1 amide bonds. The summed E-state index contributed by atoms with van der Waals surface area (Å²) >= 11 is 0. The third-order valence-corrected chi connectivity index (χ3v) is 4.08. The molecule has 0 heterocycles. The molecule has 1 aromatic carbocycles. The predicted molar refractivity (Wildman–Crippen MR) is 122 cm³/mol. The highest BCUT2D eigenvalue weighted by molar-refractivity contribution is 5.80. The minimum absolute atomic E-state index is 0.174. The molecule has 0 unspecified atom stereocenters. The molecule has 0 bridgehead atoms. The molecule has 166 valence electrons. The lowest BCUT2D eigenvalue weighted by molar-refractivity contribution is -0.119. The minimum atomic E-state index is -0.581. The zero-order valence-corrected chi connectivity index (χ0v) is 20.1. The SMILES string of the molecule is C=C(CNC(=O)Oc1cc(C)cc(C)c1C(C)(C)CC(=O)CC)OC.CC.CC. The fourth-order valence-electron chi connectivity index (χ4n) is 2.96. The number of carbonyl (C=O) groups excluding carboxylic acids is 2. The second kappa shape index (κ2) is 14.7. The molecule has 0 aromatic heterocycles. The van der Waals surface area contributed by atoms with Crippen molar-refractivity contribution in [3.63, 3.8) is 0 Å². The average molecular weight is 408 g/mol. The Hall–Kier alpha value is -2.30. The van der Waals surface area contributed by atoms with E-state index in [2.05, 4.69) is 11.9 Å². The zero-order chi connectivity index (χ0) is 23.2. The van der Waals surface area contributed by atoms with Crippen molar-refractivity contribution in [3.05, 3.63) is 41.2 Å². The molecule has 0 aliphatic heterocycles. The summed E-state index contributed by atoms with van der Waals surface area (Å²) in [6.07, 6.45) is 0.304. The molecule has 0 fully saturated rings. The van der Waals surface area contributed by atoms with Gasteiger partial charge in [0.1, 0.15) is 17.3 Å². The van der Waals surface area contributed by atoms with Crippen LogP contribution in [0.4, 0.5) is 4.79 Å². The molecule has 1 N–H and O–H groups in total. The first-order valence-corrected chi connectivity index (χ1v) is 10.4. The average Bonchev–Trinajstić information content (AvgIpc) is 2.67. The van der Waals surface area contributed by atoms with Crippen molar-refractivity contribution in [3.8, 4) is 5.75 Å². The van der Waals surface area contributed by atoms with Gasteiger partial charge in [-0.1, -0.05) is 61.1 Å². The van der Waals surface area contributed by atoms with E-state index >= 15 is 0 Å². The van der Waals surface area contributed by atoms with E-state index in [-0.39, 0.29) is 12.3 Å². The van der Waals surface area contributed by atoms with Gasteiger partial charge in [-0.25, -0.2) is 4.79 Å².